The van der Waals surface area contributed by atoms with Gasteiger partial charge in [0.05, 0.1) is 16.6 Å². The zero-order chi connectivity index (χ0) is 14.6. The Morgan fingerprint density at radius 2 is 2.14 bits per heavy atom. The van der Waals surface area contributed by atoms with Gasteiger partial charge in [-0.3, -0.25) is 0 Å². The molecule has 0 radical (unpaired) electrons. The zero-order valence-electron chi connectivity index (χ0n) is 12.2. The molecule has 21 heavy (non-hydrogen) atoms. The Balaban J connectivity index is 1.81. The molecule has 4 nitrogen and oxygen atoms in total. The minimum Gasteiger partial charge on any atom is -0.478 e. The van der Waals surface area contributed by atoms with E-state index in [9.17, 15) is 4.79 Å². The summed E-state index contributed by atoms with van der Waals surface area (Å²) in [5, 5.41) is 9.14. The number of carbonyl (C=O) groups is 1. The Morgan fingerprint density at radius 3 is 2.76 bits per heavy atom. The third-order valence-electron chi connectivity index (χ3n) is 4.72. The summed E-state index contributed by atoms with van der Waals surface area (Å²) in [5.41, 5.74) is 2.25. The maximum absolute atomic E-state index is 11.1. The maximum Gasteiger partial charge on any atom is 0.335 e. The first kappa shape index (κ1) is 12.9. The summed E-state index contributed by atoms with van der Waals surface area (Å²) in [5.74, 6) is 1.74. The molecule has 2 aliphatic carbocycles. The van der Waals surface area contributed by atoms with Crippen molar-refractivity contribution in [2.45, 2.75) is 51.0 Å². The highest BCUT2D eigenvalue weighted by atomic mass is 16.4. The van der Waals surface area contributed by atoms with Crippen LogP contribution < -0.4 is 0 Å². The van der Waals surface area contributed by atoms with Gasteiger partial charge in [0.15, 0.2) is 0 Å². The van der Waals surface area contributed by atoms with Gasteiger partial charge in [-0.1, -0.05) is 12.8 Å². The van der Waals surface area contributed by atoms with Crippen molar-refractivity contribution in [3.05, 3.63) is 29.6 Å². The van der Waals surface area contributed by atoms with E-state index in [4.69, 9.17) is 10.1 Å². The zero-order valence-corrected chi connectivity index (χ0v) is 12.2. The van der Waals surface area contributed by atoms with Gasteiger partial charge in [-0.15, -0.1) is 0 Å². The van der Waals surface area contributed by atoms with Crippen molar-refractivity contribution in [3.63, 3.8) is 0 Å². The van der Waals surface area contributed by atoms with Crippen molar-refractivity contribution >= 4 is 17.0 Å². The van der Waals surface area contributed by atoms with Crippen LogP contribution in [0.15, 0.2) is 18.2 Å². The summed E-state index contributed by atoms with van der Waals surface area (Å²) in [6.07, 6.45) is 6.36. The highest BCUT2D eigenvalue weighted by molar-refractivity contribution is 5.92. The van der Waals surface area contributed by atoms with Crippen LogP contribution in [-0.4, -0.2) is 20.6 Å². The van der Waals surface area contributed by atoms with E-state index in [0.717, 1.165) is 17.0 Å². The first-order valence-electron chi connectivity index (χ1n) is 7.88. The lowest BCUT2D eigenvalue weighted by molar-refractivity contribution is 0.0697. The summed E-state index contributed by atoms with van der Waals surface area (Å²) in [6, 6.07) is 5.79. The standard InChI is InChI=1S/C17H20N2O2/c1-10(8-11-2-3-11)19-15-7-6-13(17(20)21)9-14(15)18-16(19)12-4-5-12/h6-7,9-12H,2-5,8H2,1H3,(H,20,21). The van der Waals surface area contributed by atoms with Crippen LogP contribution in [0.1, 0.15) is 67.2 Å². The smallest absolute Gasteiger partial charge is 0.335 e. The SMILES string of the molecule is CC(CC1CC1)n1c(C2CC2)nc2cc(C(=O)O)ccc21. The summed E-state index contributed by atoms with van der Waals surface area (Å²) in [7, 11) is 0. The molecule has 0 bridgehead atoms. The van der Waals surface area contributed by atoms with E-state index in [-0.39, 0.29) is 0 Å². The second kappa shape index (κ2) is 4.58. The molecule has 4 heteroatoms. The molecule has 2 aromatic rings. The number of carboxylic acids is 1. The Bertz CT molecular complexity index is 711. The molecular weight excluding hydrogens is 264 g/mol. The van der Waals surface area contributed by atoms with Crippen molar-refractivity contribution in [3.8, 4) is 0 Å². The van der Waals surface area contributed by atoms with Gasteiger partial charge in [-0.05, 0) is 50.3 Å². The molecule has 2 fully saturated rings. The number of imidazole rings is 1. The van der Waals surface area contributed by atoms with Gasteiger partial charge in [0.25, 0.3) is 0 Å². The Kier molecular flexibility index (Phi) is 2.81. The maximum atomic E-state index is 11.1. The molecule has 1 aromatic carbocycles. The predicted molar refractivity (Wildman–Crippen MR) is 80.7 cm³/mol. The number of fused-ring (bicyclic) bond motifs is 1. The average Bonchev–Trinajstić information content (AvgIpc) is 3.36. The third kappa shape index (κ3) is 2.33. The van der Waals surface area contributed by atoms with Crippen LogP contribution in [0.25, 0.3) is 11.0 Å². The van der Waals surface area contributed by atoms with Crippen molar-refractivity contribution in [1.29, 1.82) is 0 Å². The van der Waals surface area contributed by atoms with Crippen LogP contribution in [0.2, 0.25) is 0 Å². The molecule has 110 valence electrons. The molecule has 2 saturated carbocycles. The summed E-state index contributed by atoms with van der Waals surface area (Å²) >= 11 is 0. The third-order valence-corrected chi connectivity index (χ3v) is 4.72. The predicted octanol–water partition coefficient (Wildman–Crippen LogP) is 3.97. The van der Waals surface area contributed by atoms with Gasteiger partial charge >= 0.3 is 5.97 Å². The van der Waals surface area contributed by atoms with Gasteiger partial charge in [0.1, 0.15) is 5.82 Å². The molecule has 0 aliphatic heterocycles. The van der Waals surface area contributed by atoms with Crippen LogP contribution in [0.3, 0.4) is 0 Å². The molecule has 2 aliphatic rings. The van der Waals surface area contributed by atoms with Gasteiger partial charge in [0, 0.05) is 12.0 Å². The van der Waals surface area contributed by atoms with Gasteiger partial charge < -0.3 is 9.67 Å². The molecule has 1 heterocycles. The monoisotopic (exact) mass is 284 g/mol. The van der Waals surface area contributed by atoms with Gasteiger partial charge in [0.2, 0.25) is 0 Å². The topological polar surface area (TPSA) is 55.1 Å². The molecule has 4 rings (SSSR count). The molecule has 0 amide bonds. The lowest BCUT2D eigenvalue weighted by atomic mass is 10.1. The number of rotatable bonds is 5. The minimum absolute atomic E-state index is 0.323. The molecule has 0 spiro atoms. The number of benzene rings is 1. The fraction of sp³-hybridized carbons (Fsp3) is 0.529. The number of aromatic nitrogens is 2. The second-order valence-electron chi connectivity index (χ2n) is 6.65. The molecule has 1 atom stereocenters. The van der Waals surface area contributed by atoms with Crippen LogP contribution in [0, 0.1) is 5.92 Å². The van der Waals surface area contributed by atoms with Crippen molar-refractivity contribution in [2.75, 3.05) is 0 Å². The summed E-state index contributed by atoms with van der Waals surface area (Å²) < 4.78 is 2.37. The van der Waals surface area contributed by atoms with E-state index in [1.54, 1.807) is 12.1 Å². The second-order valence-corrected chi connectivity index (χ2v) is 6.65. The van der Waals surface area contributed by atoms with E-state index in [2.05, 4.69) is 11.5 Å². The Labute approximate surface area is 123 Å². The minimum atomic E-state index is -0.884. The molecule has 1 aromatic heterocycles. The lowest BCUT2D eigenvalue weighted by Crippen LogP contribution is -2.09. The molecular formula is C17H20N2O2. The molecule has 0 saturated heterocycles. The number of nitrogens with zero attached hydrogens (tertiary/aromatic N) is 2. The first-order chi connectivity index (χ1) is 10.1. The van der Waals surface area contributed by atoms with Crippen molar-refractivity contribution in [1.82, 2.24) is 9.55 Å². The fourth-order valence-corrected chi connectivity index (χ4v) is 3.28. The van der Waals surface area contributed by atoms with Crippen LogP contribution in [-0.2, 0) is 0 Å². The first-order valence-corrected chi connectivity index (χ1v) is 7.88. The van der Waals surface area contributed by atoms with E-state index < -0.39 is 5.97 Å². The van der Waals surface area contributed by atoms with Gasteiger partial charge in [-0.25, -0.2) is 9.78 Å². The fourth-order valence-electron chi connectivity index (χ4n) is 3.28. The quantitative estimate of drug-likeness (QED) is 0.903. The van der Waals surface area contributed by atoms with E-state index in [1.165, 1.54) is 37.9 Å². The summed E-state index contributed by atoms with van der Waals surface area (Å²) in [4.78, 5) is 15.9. The lowest BCUT2D eigenvalue weighted by Gasteiger charge is -2.17. The van der Waals surface area contributed by atoms with Crippen LogP contribution in [0.5, 0.6) is 0 Å². The number of aromatic carboxylic acids is 1. The van der Waals surface area contributed by atoms with E-state index >= 15 is 0 Å². The van der Waals surface area contributed by atoms with Crippen molar-refractivity contribution < 1.29 is 9.90 Å². The van der Waals surface area contributed by atoms with E-state index in [0.29, 0.717) is 17.5 Å². The summed E-state index contributed by atoms with van der Waals surface area (Å²) in [6.45, 7) is 2.27. The normalized spacial score (nSPS) is 19.9. The van der Waals surface area contributed by atoms with Crippen molar-refractivity contribution in [2.24, 2.45) is 5.92 Å². The Morgan fingerprint density at radius 1 is 1.38 bits per heavy atom. The molecule has 1 N–H and O–H groups in total. The van der Waals surface area contributed by atoms with Gasteiger partial charge in [-0.2, -0.15) is 0 Å². The number of carboxylic acid groups (broad SMARTS) is 1. The largest absolute Gasteiger partial charge is 0.478 e. The number of hydrogen-bond donors (Lipinski definition) is 1. The van der Waals surface area contributed by atoms with E-state index in [1.807, 2.05) is 6.07 Å². The molecule has 1 unspecified atom stereocenters. The Hall–Kier alpha value is -1.84. The highest BCUT2D eigenvalue weighted by Crippen LogP contribution is 2.44. The van der Waals surface area contributed by atoms with Crippen LogP contribution in [0.4, 0.5) is 0 Å². The highest BCUT2D eigenvalue weighted by Gasteiger charge is 2.32. The number of hydrogen-bond acceptors (Lipinski definition) is 2. The van der Waals surface area contributed by atoms with Crippen LogP contribution >= 0.6 is 0 Å². The average molecular weight is 284 g/mol.